The third-order valence-corrected chi connectivity index (χ3v) is 5.61. The van der Waals surface area contributed by atoms with Crippen LogP contribution in [0, 0.1) is 0 Å². The molecule has 0 saturated carbocycles. The van der Waals surface area contributed by atoms with Gasteiger partial charge in [0.15, 0.2) is 0 Å². The molecule has 0 radical (unpaired) electrons. The fourth-order valence-electron chi connectivity index (χ4n) is 3.81. The van der Waals surface area contributed by atoms with Gasteiger partial charge in [-0.1, -0.05) is 38.1 Å². The molecule has 6 nitrogen and oxygen atoms in total. The minimum Gasteiger partial charge on any atom is -0.507 e. The highest BCUT2D eigenvalue weighted by molar-refractivity contribution is 6.46. The summed E-state index contributed by atoms with van der Waals surface area (Å²) in [4.78, 5) is 27.5. The number of rotatable bonds is 8. The predicted molar refractivity (Wildman–Crippen MR) is 124 cm³/mol. The molecule has 3 rings (SSSR count). The number of benzene rings is 2. The number of carbonyl (C=O) groups is 2. The highest BCUT2D eigenvalue weighted by Crippen LogP contribution is 2.39. The quantitative estimate of drug-likeness (QED) is 0.369. The fourth-order valence-corrected chi connectivity index (χ4v) is 3.81. The number of ether oxygens (including phenoxy) is 2. The maximum Gasteiger partial charge on any atom is 0.295 e. The minimum absolute atomic E-state index is 0.00916. The lowest BCUT2D eigenvalue weighted by atomic mass is 9.93. The maximum absolute atomic E-state index is 13.0. The Labute approximate surface area is 189 Å². The molecule has 1 aliphatic rings. The molecule has 1 fully saturated rings. The Bertz CT molecular complexity index is 990. The summed E-state index contributed by atoms with van der Waals surface area (Å²) in [6.45, 7) is 8.59. The van der Waals surface area contributed by atoms with Gasteiger partial charge in [0, 0.05) is 12.1 Å². The van der Waals surface area contributed by atoms with Crippen molar-refractivity contribution in [3.05, 3.63) is 70.8 Å². The van der Waals surface area contributed by atoms with E-state index in [9.17, 15) is 14.7 Å². The molecule has 1 atom stereocenters. The Morgan fingerprint density at radius 3 is 2.16 bits per heavy atom. The first-order chi connectivity index (χ1) is 15.2. The molecule has 0 aromatic heterocycles. The van der Waals surface area contributed by atoms with Gasteiger partial charge in [-0.15, -0.1) is 0 Å². The number of amides is 1. The van der Waals surface area contributed by atoms with E-state index in [-0.39, 0.29) is 24.0 Å². The van der Waals surface area contributed by atoms with E-state index < -0.39 is 17.7 Å². The summed E-state index contributed by atoms with van der Waals surface area (Å²) in [6.07, 6.45) is 0.00916. The van der Waals surface area contributed by atoms with Gasteiger partial charge < -0.3 is 19.5 Å². The van der Waals surface area contributed by atoms with E-state index in [0.29, 0.717) is 23.8 Å². The predicted octanol–water partition coefficient (Wildman–Crippen LogP) is 4.67. The largest absolute Gasteiger partial charge is 0.507 e. The average molecular weight is 438 g/mol. The van der Waals surface area contributed by atoms with Crippen LogP contribution in [0.4, 0.5) is 0 Å². The average Bonchev–Trinajstić information content (AvgIpc) is 3.03. The van der Waals surface area contributed by atoms with Crippen LogP contribution in [0.5, 0.6) is 5.75 Å². The van der Waals surface area contributed by atoms with Crippen LogP contribution in [-0.4, -0.2) is 48.1 Å². The van der Waals surface area contributed by atoms with Crippen molar-refractivity contribution in [1.82, 2.24) is 4.90 Å². The first-order valence-corrected chi connectivity index (χ1v) is 10.9. The van der Waals surface area contributed by atoms with Crippen LogP contribution in [0.25, 0.3) is 5.76 Å². The summed E-state index contributed by atoms with van der Waals surface area (Å²) in [7, 11) is 1.56. The van der Waals surface area contributed by atoms with Crippen LogP contribution in [-0.2, 0) is 14.3 Å². The van der Waals surface area contributed by atoms with Crippen molar-refractivity contribution in [2.24, 2.45) is 0 Å². The van der Waals surface area contributed by atoms with E-state index in [1.807, 2.05) is 38.1 Å². The lowest BCUT2D eigenvalue weighted by Crippen LogP contribution is -2.33. The van der Waals surface area contributed by atoms with Crippen molar-refractivity contribution < 1.29 is 24.2 Å². The SMILES string of the molecule is COc1ccc(/C(O)=C2/C(=O)C(=O)N(CCOC(C)C)C2c2ccc(C(C)C)cc2)cc1. The van der Waals surface area contributed by atoms with Crippen molar-refractivity contribution in [2.45, 2.75) is 45.8 Å². The second-order valence-corrected chi connectivity index (χ2v) is 8.46. The molecule has 0 spiro atoms. The Morgan fingerprint density at radius 1 is 1.00 bits per heavy atom. The molecule has 6 heteroatoms. The highest BCUT2D eigenvalue weighted by Gasteiger charge is 2.45. The summed E-state index contributed by atoms with van der Waals surface area (Å²) in [5.41, 5.74) is 2.46. The summed E-state index contributed by atoms with van der Waals surface area (Å²) >= 11 is 0. The van der Waals surface area contributed by atoms with Crippen LogP contribution >= 0.6 is 0 Å². The number of nitrogens with zero attached hydrogens (tertiary/aromatic N) is 1. The maximum atomic E-state index is 13.0. The van der Waals surface area contributed by atoms with Crippen LogP contribution < -0.4 is 4.74 Å². The van der Waals surface area contributed by atoms with Crippen LogP contribution in [0.1, 0.15) is 56.3 Å². The normalized spacial score (nSPS) is 18.1. The first kappa shape index (κ1) is 23.5. The van der Waals surface area contributed by atoms with Gasteiger partial charge in [-0.2, -0.15) is 0 Å². The van der Waals surface area contributed by atoms with Crippen molar-refractivity contribution in [3.63, 3.8) is 0 Å². The number of aliphatic hydroxyl groups is 1. The fraction of sp³-hybridized carbons (Fsp3) is 0.385. The molecule has 170 valence electrons. The van der Waals surface area contributed by atoms with Gasteiger partial charge in [0.1, 0.15) is 11.5 Å². The summed E-state index contributed by atoms with van der Waals surface area (Å²) in [6, 6.07) is 13.9. The number of methoxy groups -OCH3 is 1. The Balaban J connectivity index is 2.07. The number of ketones is 1. The number of aliphatic hydroxyl groups excluding tert-OH is 1. The molecule has 1 amide bonds. The van der Waals surface area contributed by atoms with Gasteiger partial charge in [-0.3, -0.25) is 9.59 Å². The van der Waals surface area contributed by atoms with Crippen LogP contribution in [0.15, 0.2) is 54.1 Å². The minimum atomic E-state index is -0.694. The molecule has 2 aromatic carbocycles. The molecule has 1 heterocycles. The van der Waals surface area contributed by atoms with E-state index in [1.54, 1.807) is 31.4 Å². The van der Waals surface area contributed by atoms with Gasteiger partial charge in [0.25, 0.3) is 11.7 Å². The van der Waals surface area contributed by atoms with E-state index in [2.05, 4.69) is 13.8 Å². The Hall–Kier alpha value is -3.12. The van der Waals surface area contributed by atoms with E-state index in [1.165, 1.54) is 4.90 Å². The molecule has 32 heavy (non-hydrogen) atoms. The van der Waals surface area contributed by atoms with Gasteiger partial charge in [0.05, 0.1) is 31.4 Å². The molecular formula is C26H31NO5. The smallest absolute Gasteiger partial charge is 0.295 e. The number of Topliss-reactive ketones (excluding diaryl/α,β-unsaturated/α-hetero) is 1. The second-order valence-electron chi connectivity index (χ2n) is 8.46. The number of likely N-dealkylation sites (tertiary alicyclic amines) is 1. The van der Waals surface area contributed by atoms with Crippen LogP contribution in [0.2, 0.25) is 0 Å². The van der Waals surface area contributed by atoms with E-state index in [0.717, 1.165) is 11.1 Å². The molecule has 1 unspecified atom stereocenters. The number of hydrogen-bond donors (Lipinski definition) is 1. The summed E-state index contributed by atoms with van der Waals surface area (Å²) in [5, 5.41) is 11.1. The monoisotopic (exact) mass is 437 g/mol. The topological polar surface area (TPSA) is 76.1 Å². The second kappa shape index (κ2) is 10.0. The lowest BCUT2D eigenvalue weighted by Gasteiger charge is -2.26. The third-order valence-electron chi connectivity index (χ3n) is 5.61. The molecule has 0 bridgehead atoms. The van der Waals surface area contributed by atoms with Gasteiger partial charge in [-0.25, -0.2) is 0 Å². The summed E-state index contributed by atoms with van der Waals surface area (Å²) < 4.78 is 10.8. The molecule has 1 saturated heterocycles. The summed E-state index contributed by atoms with van der Waals surface area (Å²) in [5.74, 6) is -0.537. The Morgan fingerprint density at radius 2 is 1.62 bits per heavy atom. The molecule has 1 N–H and O–H groups in total. The van der Waals surface area contributed by atoms with Gasteiger partial charge in [-0.05, 0) is 55.2 Å². The highest BCUT2D eigenvalue weighted by atomic mass is 16.5. The van der Waals surface area contributed by atoms with Crippen molar-refractivity contribution in [3.8, 4) is 5.75 Å². The molecule has 2 aromatic rings. The standard InChI is InChI=1S/C26H31NO5/c1-16(2)18-6-8-19(9-7-18)23-22(24(28)20-10-12-21(31-5)13-11-20)25(29)26(30)27(23)14-15-32-17(3)4/h6-13,16-17,23,28H,14-15H2,1-5H3/b24-22-. The van der Waals surface area contributed by atoms with Crippen molar-refractivity contribution in [1.29, 1.82) is 0 Å². The number of hydrogen-bond acceptors (Lipinski definition) is 5. The van der Waals surface area contributed by atoms with Gasteiger partial charge in [0.2, 0.25) is 0 Å². The molecule has 0 aliphatic carbocycles. The van der Waals surface area contributed by atoms with E-state index >= 15 is 0 Å². The van der Waals surface area contributed by atoms with Gasteiger partial charge >= 0.3 is 0 Å². The third kappa shape index (κ3) is 4.86. The molecule has 1 aliphatic heterocycles. The number of carbonyl (C=O) groups excluding carboxylic acids is 2. The zero-order chi connectivity index (χ0) is 23.4. The van der Waals surface area contributed by atoms with Crippen molar-refractivity contribution in [2.75, 3.05) is 20.3 Å². The van der Waals surface area contributed by atoms with Crippen LogP contribution in [0.3, 0.4) is 0 Å². The lowest BCUT2D eigenvalue weighted by molar-refractivity contribution is -0.140. The Kier molecular flexibility index (Phi) is 7.36. The van der Waals surface area contributed by atoms with Crippen molar-refractivity contribution >= 4 is 17.4 Å². The van der Waals surface area contributed by atoms with E-state index in [4.69, 9.17) is 9.47 Å². The zero-order valence-corrected chi connectivity index (χ0v) is 19.3. The molecular weight excluding hydrogens is 406 g/mol. The first-order valence-electron chi connectivity index (χ1n) is 10.9. The zero-order valence-electron chi connectivity index (χ0n) is 19.3.